The van der Waals surface area contributed by atoms with E-state index < -0.39 is 0 Å². The summed E-state index contributed by atoms with van der Waals surface area (Å²) in [6, 6.07) is 0.128. The van der Waals surface area contributed by atoms with Crippen LogP contribution in [0.4, 0.5) is 11.9 Å². The molecule has 0 aliphatic carbocycles. The Morgan fingerprint density at radius 3 is 2.41 bits per heavy atom. The highest BCUT2D eigenvalue weighted by molar-refractivity contribution is 6.28. The summed E-state index contributed by atoms with van der Waals surface area (Å²) in [5.41, 5.74) is 0. The first-order valence-electron chi connectivity index (χ1n) is 5.41. The minimum atomic E-state index is 0.128. The first-order valence-corrected chi connectivity index (χ1v) is 5.79. The molecule has 1 aromatic rings. The molecule has 0 saturated heterocycles. The van der Waals surface area contributed by atoms with Crippen molar-refractivity contribution in [3.05, 3.63) is 5.28 Å². The van der Waals surface area contributed by atoms with E-state index in [4.69, 9.17) is 16.3 Å². The molecule has 0 bridgehead atoms. The molecular formula is C10H18ClN5O. The predicted octanol–water partition coefficient (Wildman–Crippen LogP) is 1.65. The Hall–Kier alpha value is -1.14. The first kappa shape index (κ1) is 13.9. The molecule has 6 nitrogen and oxygen atoms in total. The van der Waals surface area contributed by atoms with Crippen LogP contribution in [0.5, 0.6) is 0 Å². The van der Waals surface area contributed by atoms with Gasteiger partial charge in [0.05, 0.1) is 12.6 Å². The summed E-state index contributed by atoms with van der Waals surface area (Å²) in [7, 11) is 3.39. The Balaban J connectivity index is 2.81. The van der Waals surface area contributed by atoms with Gasteiger partial charge in [-0.25, -0.2) is 0 Å². The van der Waals surface area contributed by atoms with Crippen LogP contribution >= 0.6 is 11.6 Å². The van der Waals surface area contributed by atoms with E-state index in [2.05, 4.69) is 39.4 Å². The molecule has 96 valence electrons. The summed E-state index contributed by atoms with van der Waals surface area (Å²) in [4.78, 5) is 12.1. The maximum Gasteiger partial charge on any atom is 0.229 e. The third kappa shape index (κ3) is 4.32. The highest BCUT2D eigenvalue weighted by Gasteiger charge is 2.15. The van der Waals surface area contributed by atoms with Gasteiger partial charge in [-0.3, -0.25) is 0 Å². The van der Waals surface area contributed by atoms with Gasteiger partial charge in [-0.2, -0.15) is 15.0 Å². The van der Waals surface area contributed by atoms with E-state index in [9.17, 15) is 0 Å². The van der Waals surface area contributed by atoms with Crippen LogP contribution in [0, 0.1) is 5.92 Å². The third-order valence-corrected chi connectivity index (χ3v) is 2.47. The number of hydrogen-bond acceptors (Lipinski definition) is 6. The lowest BCUT2D eigenvalue weighted by Gasteiger charge is -2.21. The zero-order valence-corrected chi connectivity index (χ0v) is 11.2. The molecule has 1 rings (SSSR count). The fourth-order valence-electron chi connectivity index (χ4n) is 1.27. The molecule has 0 radical (unpaired) electrons. The van der Waals surface area contributed by atoms with Gasteiger partial charge < -0.3 is 15.4 Å². The number of methoxy groups -OCH3 is 1. The van der Waals surface area contributed by atoms with Gasteiger partial charge in [0.2, 0.25) is 17.2 Å². The molecule has 7 heteroatoms. The van der Waals surface area contributed by atoms with E-state index in [1.165, 1.54) is 0 Å². The molecule has 0 aromatic carbocycles. The molecule has 0 aliphatic heterocycles. The van der Waals surface area contributed by atoms with Gasteiger partial charge >= 0.3 is 0 Å². The smallest absolute Gasteiger partial charge is 0.229 e. The molecule has 0 saturated carbocycles. The maximum absolute atomic E-state index is 5.80. The number of aromatic nitrogens is 3. The number of rotatable bonds is 6. The summed E-state index contributed by atoms with van der Waals surface area (Å²) in [5.74, 6) is 1.28. The number of nitrogens with zero attached hydrogens (tertiary/aromatic N) is 3. The van der Waals surface area contributed by atoms with Crippen molar-refractivity contribution in [3.63, 3.8) is 0 Å². The SMILES string of the molecule is CNc1nc(Cl)nc(NC(COC)C(C)C)n1. The fraction of sp³-hybridized carbons (Fsp3) is 0.700. The van der Waals surface area contributed by atoms with Crippen LogP contribution in [0.15, 0.2) is 0 Å². The van der Waals surface area contributed by atoms with Gasteiger partial charge in [0.15, 0.2) is 0 Å². The molecule has 1 aromatic heterocycles. The van der Waals surface area contributed by atoms with Crippen molar-refractivity contribution in [2.24, 2.45) is 5.92 Å². The van der Waals surface area contributed by atoms with Crippen LogP contribution in [0.25, 0.3) is 0 Å². The second-order valence-corrected chi connectivity index (χ2v) is 4.29. The van der Waals surface area contributed by atoms with E-state index in [1.807, 2.05) is 0 Å². The van der Waals surface area contributed by atoms with E-state index in [0.717, 1.165) is 0 Å². The average Bonchev–Trinajstić information content (AvgIpc) is 2.27. The van der Waals surface area contributed by atoms with E-state index in [1.54, 1.807) is 14.2 Å². The Morgan fingerprint density at radius 1 is 1.24 bits per heavy atom. The van der Waals surface area contributed by atoms with Gasteiger partial charge in [0.25, 0.3) is 0 Å². The van der Waals surface area contributed by atoms with Crippen molar-refractivity contribution in [3.8, 4) is 0 Å². The number of hydrogen-bond donors (Lipinski definition) is 2. The lowest BCUT2D eigenvalue weighted by atomic mass is 10.1. The second kappa shape index (κ2) is 6.56. The van der Waals surface area contributed by atoms with Crippen LogP contribution < -0.4 is 10.6 Å². The molecule has 1 unspecified atom stereocenters. The van der Waals surface area contributed by atoms with Gasteiger partial charge in [0.1, 0.15) is 0 Å². The summed E-state index contributed by atoms with van der Waals surface area (Å²) in [6.45, 7) is 4.77. The summed E-state index contributed by atoms with van der Waals surface area (Å²) in [5, 5.41) is 6.17. The van der Waals surface area contributed by atoms with Gasteiger partial charge in [-0.15, -0.1) is 0 Å². The number of nitrogens with one attached hydrogen (secondary N) is 2. The Labute approximate surface area is 106 Å². The minimum Gasteiger partial charge on any atom is -0.383 e. The van der Waals surface area contributed by atoms with Crippen molar-refractivity contribution in [1.82, 2.24) is 15.0 Å². The minimum absolute atomic E-state index is 0.128. The maximum atomic E-state index is 5.80. The summed E-state index contributed by atoms with van der Waals surface area (Å²) >= 11 is 5.80. The van der Waals surface area contributed by atoms with E-state index in [-0.39, 0.29) is 11.3 Å². The highest BCUT2D eigenvalue weighted by Crippen LogP contribution is 2.13. The Morgan fingerprint density at radius 2 is 1.88 bits per heavy atom. The van der Waals surface area contributed by atoms with Crippen LogP contribution in [0.2, 0.25) is 5.28 Å². The molecule has 17 heavy (non-hydrogen) atoms. The highest BCUT2D eigenvalue weighted by atomic mass is 35.5. The number of halogens is 1. The first-order chi connectivity index (χ1) is 8.06. The number of ether oxygens (including phenoxy) is 1. The van der Waals surface area contributed by atoms with Gasteiger partial charge in [-0.1, -0.05) is 13.8 Å². The van der Waals surface area contributed by atoms with Crippen molar-refractivity contribution < 1.29 is 4.74 Å². The summed E-state index contributed by atoms with van der Waals surface area (Å²) in [6.07, 6.45) is 0. The van der Waals surface area contributed by atoms with Crippen molar-refractivity contribution in [1.29, 1.82) is 0 Å². The largest absolute Gasteiger partial charge is 0.383 e. The Kier molecular flexibility index (Phi) is 5.37. The zero-order chi connectivity index (χ0) is 12.8. The average molecular weight is 260 g/mol. The van der Waals surface area contributed by atoms with Crippen molar-refractivity contribution in [2.45, 2.75) is 19.9 Å². The molecule has 1 heterocycles. The number of anilines is 2. The molecule has 0 aliphatic rings. The second-order valence-electron chi connectivity index (χ2n) is 3.95. The van der Waals surface area contributed by atoms with Crippen LogP contribution in [0.3, 0.4) is 0 Å². The normalized spacial score (nSPS) is 12.6. The lowest BCUT2D eigenvalue weighted by Crippen LogP contribution is -2.31. The quantitative estimate of drug-likeness (QED) is 0.809. The fourth-order valence-corrected chi connectivity index (χ4v) is 1.43. The zero-order valence-electron chi connectivity index (χ0n) is 10.5. The molecule has 0 amide bonds. The standard InChI is InChI=1S/C10H18ClN5O/c1-6(2)7(5-17-4)13-10-15-8(11)14-9(12-3)16-10/h6-7H,5H2,1-4H3,(H2,12,13,14,15,16). The predicted molar refractivity (Wildman–Crippen MR) is 68.5 cm³/mol. The lowest BCUT2D eigenvalue weighted by molar-refractivity contribution is 0.171. The monoisotopic (exact) mass is 259 g/mol. The molecule has 2 N–H and O–H groups in total. The molecular weight excluding hydrogens is 242 g/mol. The molecule has 0 fully saturated rings. The van der Waals surface area contributed by atoms with E-state index in [0.29, 0.717) is 24.4 Å². The van der Waals surface area contributed by atoms with Crippen molar-refractivity contribution in [2.75, 3.05) is 31.4 Å². The van der Waals surface area contributed by atoms with Gasteiger partial charge in [-0.05, 0) is 17.5 Å². The van der Waals surface area contributed by atoms with Crippen LogP contribution in [0.1, 0.15) is 13.8 Å². The van der Waals surface area contributed by atoms with Crippen LogP contribution in [-0.2, 0) is 4.74 Å². The molecule has 1 atom stereocenters. The third-order valence-electron chi connectivity index (χ3n) is 2.30. The molecule has 0 spiro atoms. The van der Waals surface area contributed by atoms with Gasteiger partial charge in [0, 0.05) is 14.2 Å². The Bertz CT molecular complexity index is 361. The van der Waals surface area contributed by atoms with Crippen LogP contribution in [-0.4, -0.2) is 41.8 Å². The van der Waals surface area contributed by atoms with E-state index >= 15 is 0 Å². The van der Waals surface area contributed by atoms with Crippen molar-refractivity contribution >= 4 is 23.5 Å². The topological polar surface area (TPSA) is 72.0 Å². The summed E-state index contributed by atoms with van der Waals surface area (Å²) < 4.78 is 5.14.